The van der Waals surface area contributed by atoms with Crippen LogP contribution < -0.4 is 4.74 Å². The van der Waals surface area contributed by atoms with Crippen molar-refractivity contribution < 1.29 is 9.84 Å². The van der Waals surface area contributed by atoms with Crippen molar-refractivity contribution in [2.24, 2.45) is 5.92 Å². The number of alkyl halides is 1. The summed E-state index contributed by atoms with van der Waals surface area (Å²) in [4.78, 5) is 0. The number of halogens is 1. The fourth-order valence-electron chi connectivity index (χ4n) is 2.50. The van der Waals surface area contributed by atoms with Crippen LogP contribution in [0.25, 0.3) is 0 Å². The van der Waals surface area contributed by atoms with Gasteiger partial charge < -0.3 is 9.84 Å². The molecular formula is C15H21ClO2. The molecule has 0 radical (unpaired) electrons. The maximum absolute atomic E-state index is 9.83. The summed E-state index contributed by atoms with van der Waals surface area (Å²) in [5, 5.41) is 9.92. The van der Waals surface area contributed by atoms with E-state index < -0.39 is 0 Å². The van der Waals surface area contributed by atoms with E-state index in [1.54, 1.807) is 0 Å². The van der Waals surface area contributed by atoms with Crippen LogP contribution in [0.1, 0.15) is 29.5 Å². The summed E-state index contributed by atoms with van der Waals surface area (Å²) in [6, 6.07) is 4.11. The summed E-state index contributed by atoms with van der Waals surface area (Å²) in [5.74, 6) is 1.05. The van der Waals surface area contributed by atoms with Crippen LogP contribution in [-0.4, -0.2) is 23.2 Å². The van der Waals surface area contributed by atoms with Crippen LogP contribution in [-0.2, 0) is 0 Å². The van der Waals surface area contributed by atoms with Gasteiger partial charge in [-0.25, -0.2) is 0 Å². The highest BCUT2D eigenvalue weighted by atomic mass is 35.5. The van der Waals surface area contributed by atoms with E-state index in [4.69, 9.17) is 16.3 Å². The molecule has 0 heterocycles. The van der Waals surface area contributed by atoms with Gasteiger partial charge in [0.25, 0.3) is 0 Å². The average molecular weight is 269 g/mol. The molecule has 3 heteroatoms. The van der Waals surface area contributed by atoms with E-state index in [2.05, 4.69) is 32.9 Å². The van der Waals surface area contributed by atoms with E-state index in [1.165, 1.54) is 16.7 Å². The molecule has 1 fully saturated rings. The van der Waals surface area contributed by atoms with Crippen molar-refractivity contribution in [2.45, 2.75) is 45.1 Å². The zero-order valence-corrected chi connectivity index (χ0v) is 12.0. The van der Waals surface area contributed by atoms with Crippen molar-refractivity contribution in [3.05, 3.63) is 28.8 Å². The van der Waals surface area contributed by atoms with Crippen LogP contribution in [0.5, 0.6) is 5.75 Å². The fraction of sp³-hybridized carbons (Fsp3) is 0.600. The van der Waals surface area contributed by atoms with Gasteiger partial charge in [0.15, 0.2) is 0 Å². The molecule has 0 amide bonds. The zero-order chi connectivity index (χ0) is 13.3. The highest BCUT2D eigenvalue weighted by Gasteiger charge is 2.32. The van der Waals surface area contributed by atoms with Gasteiger partial charge in [-0.05, 0) is 62.4 Å². The molecule has 1 N–H and O–H groups in total. The van der Waals surface area contributed by atoms with Crippen molar-refractivity contribution in [3.63, 3.8) is 0 Å². The number of aliphatic hydroxyl groups excluding tert-OH is 1. The maximum Gasteiger partial charge on any atom is 0.119 e. The van der Waals surface area contributed by atoms with Crippen molar-refractivity contribution in [1.82, 2.24) is 0 Å². The van der Waals surface area contributed by atoms with Crippen LogP contribution in [0.4, 0.5) is 0 Å². The minimum atomic E-state index is -0.319. The molecule has 0 bridgehead atoms. The Labute approximate surface area is 114 Å². The third-order valence-electron chi connectivity index (χ3n) is 3.96. The van der Waals surface area contributed by atoms with Crippen LogP contribution in [0, 0.1) is 26.7 Å². The molecular weight excluding hydrogens is 248 g/mol. The van der Waals surface area contributed by atoms with Gasteiger partial charge in [0.1, 0.15) is 5.75 Å². The molecule has 0 saturated heterocycles. The van der Waals surface area contributed by atoms with E-state index in [9.17, 15) is 5.11 Å². The number of aliphatic hydroxyl groups is 1. The summed E-state index contributed by atoms with van der Waals surface area (Å²) in [6.45, 7) is 6.85. The Morgan fingerprint density at radius 2 is 1.83 bits per heavy atom. The quantitative estimate of drug-likeness (QED) is 0.852. The summed E-state index contributed by atoms with van der Waals surface area (Å²) in [5.41, 5.74) is 3.79. The second-order valence-electron chi connectivity index (χ2n) is 5.39. The van der Waals surface area contributed by atoms with Crippen LogP contribution in [0.3, 0.4) is 0 Å². The molecule has 0 aromatic heterocycles. The average Bonchev–Trinajstić information content (AvgIpc) is 2.62. The Morgan fingerprint density at radius 1 is 1.22 bits per heavy atom. The highest BCUT2D eigenvalue weighted by Crippen LogP contribution is 2.31. The van der Waals surface area contributed by atoms with Gasteiger partial charge in [-0.15, -0.1) is 11.6 Å². The lowest BCUT2D eigenvalue weighted by Crippen LogP contribution is -2.20. The molecule has 0 unspecified atom stereocenters. The van der Waals surface area contributed by atoms with Gasteiger partial charge in [-0.2, -0.15) is 0 Å². The van der Waals surface area contributed by atoms with Crippen LogP contribution in [0.15, 0.2) is 12.1 Å². The topological polar surface area (TPSA) is 29.5 Å². The van der Waals surface area contributed by atoms with E-state index in [0.29, 0.717) is 13.0 Å². The molecule has 1 aromatic rings. The zero-order valence-electron chi connectivity index (χ0n) is 11.2. The van der Waals surface area contributed by atoms with E-state index >= 15 is 0 Å². The van der Waals surface area contributed by atoms with E-state index in [0.717, 1.165) is 12.2 Å². The van der Waals surface area contributed by atoms with Crippen molar-refractivity contribution in [2.75, 3.05) is 6.61 Å². The lowest BCUT2D eigenvalue weighted by molar-refractivity contribution is 0.0986. The molecule has 1 aliphatic rings. The lowest BCUT2D eigenvalue weighted by Gasteiger charge is -2.16. The largest absolute Gasteiger partial charge is 0.493 e. The lowest BCUT2D eigenvalue weighted by atomic mass is 10.0. The van der Waals surface area contributed by atoms with E-state index in [1.807, 2.05) is 0 Å². The molecule has 2 rings (SSSR count). The normalized spacial score (nSPS) is 27.5. The van der Waals surface area contributed by atoms with Crippen molar-refractivity contribution in [1.29, 1.82) is 0 Å². The third-order valence-corrected chi connectivity index (χ3v) is 4.32. The first kappa shape index (κ1) is 13.7. The molecule has 1 saturated carbocycles. The molecule has 18 heavy (non-hydrogen) atoms. The maximum atomic E-state index is 9.83. The molecule has 0 aliphatic heterocycles. The number of benzene rings is 1. The second-order valence-corrected chi connectivity index (χ2v) is 6.01. The second kappa shape index (κ2) is 5.50. The number of ether oxygens (including phenoxy) is 1. The minimum Gasteiger partial charge on any atom is -0.493 e. The number of hydrogen-bond acceptors (Lipinski definition) is 2. The molecule has 1 aliphatic carbocycles. The molecule has 2 nitrogen and oxygen atoms in total. The SMILES string of the molecule is Cc1cc(OC[C@@H]2C[C@H](Cl)C[C@H]2O)cc(C)c1C. The Balaban J connectivity index is 1.98. The first-order valence-electron chi connectivity index (χ1n) is 6.50. The van der Waals surface area contributed by atoms with Gasteiger partial charge >= 0.3 is 0 Å². The Kier molecular flexibility index (Phi) is 4.18. The first-order valence-corrected chi connectivity index (χ1v) is 6.93. The first-order chi connectivity index (χ1) is 8.47. The summed E-state index contributed by atoms with van der Waals surface area (Å²) in [6.07, 6.45) is 1.20. The number of aryl methyl sites for hydroxylation is 2. The fourth-order valence-corrected chi connectivity index (χ4v) is 2.91. The summed E-state index contributed by atoms with van der Waals surface area (Å²) in [7, 11) is 0. The Morgan fingerprint density at radius 3 is 2.33 bits per heavy atom. The summed E-state index contributed by atoms with van der Waals surface area (Å²) >= 11 is 6.04. The standard InChI is InChI=1S/C15H21ClO2/c1-9-4-14(5-10(2)11(9)3)18-8-12-6-13(16)7-15(12)17/h4-5,12-13,15,17H,6-8H2,1-3H3/t12-,13-,15+/m0/s1. The number of rotatable bonds is 3. The van der Waals surface area contributed by atoms with Gasteiger partial charge in [0.05, 0.1) is 12.7 Å². The predicted molar refractivity (Wildman–Crippen MR) is 74.5 cm³/mol. The predicted octanol–water partition coefficient (Wildman–Crippen LogP) is 3.37. The minimum absolute atomic E-state index is 0.0927. The smallest absolute Gasteiger partial charge is 0.119 e. The Bertz CT molecular complexity index is 407. The van der Waals surface area contributed by atoms with Gasteiger partial charge in [0, 0.05) is 11.3 Å². The highest BCUT2D eigenvalue weighted by molar-refractivity contribution is 6.20. The van der Waals surface area contributed by atoms with Crippen molar-refractivity contribution >= 4 is 11.6 Å². The molecule has 3 atom stereocenters. The van der Waals surface area contributed by atoms with Crippen molar-refractivity contribution in [3.8, 4) is 5.75 Å². The Hall–Kier alpha value is -0.730. The van der Waals surface area contributed by atoms with Gasteiger partial charge in [-0.1, -0.05) is 0 Å². The van der Waals surface area contributed by atoms with Crippen LogP contribution in [0.2, 0.25) is 0 Å². The van der Waals surface area contributed by atoms with E-state index in [-0.39, 0.29) is 17.4 Å². The summed E-state index contributed by atoms with van der Waals surface area (Å²) < 4.78 is 5.81. The van der Waals surface area contributed by atoms with Gasteiger partial charge in [0.2, 0.25) is 0 Å². The molecule has 0 spiro atoms. The number of hydrogen-bond donors (Lipinski definition) is 1. The monoisotopic (exact) mass is 268 g/mol. The van der Waals surface area contributed by atoms with Gasteiger partial charge in [-0.3, -0.25) is 0 Å². The van der Waals surface area contributed by atoms with Crippen LogP contribution >= 0.6 is 11.6 Å². The third kappa shape index (κ3) is 2.99. The molecule has 1 aromatic carbocycles. The molecule has 100 valence electrons.